The third-order valence-corrected chi connectivity index (χ3v) is 4.69. The molecule has 2 aromatic heterocycles. The molecule has 0 saturated heterocycles. The third kappa shape index (κ3) is 1.97. The lowest BCUT2D eigenvalue weighted by atomic mass is 10.1. The van der Waals surface area contributed by atoms with E-state index in [9.17, 15) is 9.18 Å². The number of carbonyl (C=O) groups excluding carboxylic acids is 1. The molecule has 0 saturated carbocycles. The number of aryl methyl sites for hydroxylation is 1. The van der Waals surface area contributed by atoms with E-state index < -0.39 is 0 Å². The number of H-pyrrole nitrogens is 1. The van der Waals surface area contributed by atoms with Gasteiger partial charge in [-0.2, -0.15) is 0 Å². The number of fused-ring (bicyclic) bond motifs is 1. The zero-order valence-corrected chi connectivity index (χ0v) is 11.5. The highest BCUT2D eigenvalue weighted by molar-refractivity contribution is 7.13. The number of hydrogen-bond acceptors (Lipinski definition) is 2. The molecule has 0 amide bonds. The van der Waals surface area contributed by atoms with Crippen LogP contribution < -0.4 is 0 Å². The van der Waals surface area contributed by atoms with Crippen LogP contribution in [0.25, 0.3) is 10.9 Å². The first-order valence-electron chi connectivity index (χ1n) is 5.63. The maximum Gasteiger partial charge on any atom is 0.206 e. The highest BCUT2D eigenvalue weighted by atomic mass is 35.5. The van der Waals surface area contributed by atoms with Crippen molar-refractivity contribution in [2.45, 2.75) is 6.92 Å². The number of halogens is 2. The van der Waals surface area contributed by atoms with E-state index in [1.165, 1.54) is 23.5 Å². The number of carbonyl (C=O) groups is 1. The first-order chi connectivity index (χ1) is 9.08. The smallest absolute Gasteiger partial charge is 0.206 e. The number of aromatic amines is 1. The monoisotopic (exact) mass is 293 g/mol. The molecule has 3 aromatic rings. The number of thiophene rings is 1. The second-order valence-electron chi connectivity index (χ2n) is 4.28. The van der Waals surface area contributed by atoms with Crippen LogP contribution >= 0.6 is 22.9 Å². The summed E-state index contributed by atoms with van der Waals surface area (Å²) in [5, 5.41) is 2.89. The lowest BCUT2D eigenvalue weighted by Gasteiger charge is -1.98. The van der Waals surface area contributed by atoms with E-state index in [2.05, 4.69) is 4.98 Å². The normalized spacial score (nSPS) is 11.1. The van der Waals surface area contributed by atoms with Gasteiger partial charge >= 0.3 is 0 Å². The van der Waals surface area contributed by atoms with E-state index in [1.807, 2.05) is 12.3 Å². The maximum absolute atomic E-state index is 13.3. The van der Waals surface area contributed by atoms with Gasteiger partial charge in [0, 0.05) is 22.7 Å². The number of nitrogens with one attached hydrogen (secondary N) is 1. The Morgan fingerprint density at radius 3 is 2.89 bits per heavy atom. The molecule has 5 heteroatoms. The van der Waals surface area contributed by atoms with Crippen LogP contribution in [-0.4, -0.2) is 10.8 Å². The van der Waals surface area contributed by atoms with Gasteiger partial charge in [-0.25, -0.2) is 4.39 Å². The second kappa shape index (κ2) is 4.47. The van der Waals surface area contributed by atoms with E-state index in [-0.39, 0.29) is 11.6 Å². The van der Waals surface area contributed by atoms with Crippen LogP contribution in [0.15, 0.2) is 29.8 Å². The molecule has 0 bridgehead atoms. The molecule has 0 spiro atoms. The van der Waals surface area contributed by atoms with Crippen LogP contribution in [0.1, 0.15) is 20.8 Å². The van der Waals surface area contributed by atoms with Gasteiger partial charge < -0.3 is 4.98 Å². The number of rotatable bonds is 2. The fourth-order valence-corrected chi connectivity index (χ4v) is 3.22. The first kappa shape index (κ1) is 12.4. The molecule has 1 N–H and O–H groups in total. The molecule has 0 aliphatic carbocycles. The predicted molar refractivity (Wildman–Crippen MR) is 75.8 cm³/mol. The second-order valence-corrected chi connectivity index (χ2v) is 5.54. The zero-order valence-electron chi connectivity index (χ0n) is 9.96. The van der Waals surface area contributed by atoms with Crippen LogP contribution in [0.3, 0.4) is 0 Å². The van der Waals surface area contributed by atoms with Crippen molar-refractivity contribution in [3.63, 3.8) is 0 Å². The van der Waals surface area contributed by atoms with Crippen LogP contribution in [0.5, 0.6) is 0 Å². The number of benzene rings is 1. The molecule has 0 fully saturated rings. The van der Waals surface area contributed by atoms with Crippen molar-refractivity contribution in [2.24, 2.45) is 0 Å². The Kier molecular flexibility index (Phi) is 2.92. The molecule has 19 heavy (non-hydrogen) atoms. The summed E-state index contributed by atoms with van der Waals surface area (Å²) in [4.78, 5) is 15.9. The Hall–Kier alpha value is -1.65. The molecule has 2 heterocycles. The lowest BCUT2D eigenvalue weighted by molar-refractivity contribution is 0.104. The van der Waals surface area contributed by atoms with E-state index in [1.54, 1.807) is 12.3 Å². The SMILES string of the molecule is Cc1csc(C(=O)c2c[nH]c3ccc(F)cc23)c1Cl. The quantitative estimate of drug-likeness (QED) is 0.690. The van der Waals surface area contributed by atoms with E-state index in [0.29, 0.717) is 20.8 Å². The Labute approximate surface area is 117 Å². The summed E-state index contributed by atoms with van der Waals surface area (Å²) >= 11 is 7.41. The maximum atomic E-state index is 13.3. The standard InChI is InChI=1S/C14H9ClFNOS/c1-7-6-19-14(12(7)15)13(18)10-5-17-11-3-2-8(16)4-9(10)11/h2-6,17H,1H3. The minimum Gasteiger partial charge on any atom is -0.360 e. The molecule has 0 unspecified atom stereocenters. The van der Waals surface area contributed by atoms with E-state index >= 15 is 0 Å². The van der Waals surface area contributed by atoms with Crippen LogP contribution in [-0.2, 0) is 0 Å². The van der Waals surface area contributed by atoms with Crippen molar-refractivity contribution in [1.29, 1.82) is 0 Å². The molecule has 1 aromatic carbocycles. The fourth-order valence-electron chi connectivity index (χ4n) is 1.99. The van der Waals surface area contributed by atoms with Crippen molar-refractivity contribution in [2.75, 3.05) is 0 Å². The summed E-state index contributed by atoms with van der Waals surface area (Å²) in [6, 6.07) is 4.32. The molecule has 96 valence electrons. The number of hydrogen-bond donors (Lipinski definition) is 1. The molecular weight excluding hydrogens is 285 g/mol. The third-order valence-electron chi connectivity index (χ3n) is 2.99. The van der Waals surface area contributed by atoms with Crippen LogP contribution in [0.4, 0.5) is 4.39 Å². The number of ketones is 1. The predicted octanol–water partition coefficient (Wildman–Crippen LogP) is 4.56. The highest BCUT2D eigenvalue weighted by Gasteiger charge is 2.19. The summed E-state index contributed by atoms with van der Waals surface area (Å²) in [7, 11) is 0. The fraction of sp³-hybridized carbons (Fsp3) is 0.0714. The van der Waals surface area contributed by atoms with Gasteiger partial charge in [0.1, 0.15) is 5.82 Å². The van der Waals surface area contributed by atoms with Gasteiger partial charge in [0.2, 0.25) is 5.78 Å². The summed E-state index contributed by atoms with van der Waals surface area (Å²) in [5.74, 6) is -0.547. The van der Waals surface area contributed by atoms with Gasteiger partial charge in [0.25, 0.3) is 0 Å². The summed E-state index contributed by atoms with van der Waals surface area (Å²) < 4.78 is 13.3. The Balaban J connectivity index is 2.17. The highest BCUT2D eigenvalue weighted by Crippen LogP contribution is 2.31. The van der Waals surface area contributed by atoms with Crippen molar-refractivity contribution >= 4 is 39.6 Å². The topological polar surface area (TPSA) is 32.9 Å². The van der Waals surface area contributed by atoms with Gasteiger partial charge in [-0.05, 0) is 36.1 Å². The molecule has 2 nitrogen and oxygen atoms in total. The lowest BCUT2D eigenvalue weighted by Crippen LogP contribution is -1.98. The van der Waals surface area contributed by atoms with Gasteiger partial charge in [0.15, 0.2) is 0 Å². The summed E-state index contributed by atoms with van der Waals surface area (Å²) in [6.07, 6.45) is 1.60. The Bertz CT molecular complexity index is 790. The van der Waals surface area contributed by atoms with Gasteiger partial charge in [-0.15, -0.1) is 11.3 Å². The van der Waals surface area contributed by atoms with Crippen LogP contribution in [0.2, 0.25) is 5.02 Å². The molecular formula is C14H9ClFNOS. The molecule has 0 atom stereocenters. The van der Waals surface area contributed by atoms with Gasteiger partial charge in [0.05, 0.1) is 9.90 Å². The molecule has 0 aliphatic heterocycles. The number of aromatic nitrogens is 1. The van der Waals surface area contributed by atoms with Gasteiger partial charge in [-0.1, -0.05) is 11.6 Å². The molecule has 0 aliphatic rings. The van der Waals surface area contributed by atoms with Gasteiger partial charge in [-0.3, -0.25) is 4.79 Å². The van der Waals surface area contributed by atoms with Crippen molar-refractivity contribution in [1.82, 2.24) is 4.98 Å². The average molecular weight is 294 g/mol. The zero-order chi connectivity index (χ0) is 13.6. The largest absolute Gasteiger partial charge is 0.360 e. The van der Waals surface area contributed by atoms with Crippen molar-refractivity contribution < 1.29 is 9.18 Å². The minimum atomic E-state index is -0.366. The summed E-state index contributed by atoms with van der Waals surface area (Å²) in [6.45, 7) is 1.85. The van der Waals surface area contributed by atoms with E-state index in [0.717, 1.165) is 11.1 Å². The van der Waals surface area contributed by atoms with Crippen molar-refractivity contribution in [3.05, 3.63) is 56.6 Å². The molecule has 0 radical (unpaired) electrons. The first-order valence-corrected chi connectivity index (χ1v) is 6.88. The van der Waals surface area contributed by atoms with Crippen molar-refractivity contribution in [3.8, 4) is 0 Å². The van der Waals surface area contributed by atoms with Crippen LogP contribution in [0, 0.1) is 12.7 Å². The van der Waals surface area contributed by atoms with E-state index in [4.69, 9.17) is 11.6 Å². The minimum absolute atomic E-state index is 0.181. The molecule has 3 rings (SSSR count). The Morgan fingerprint density at radius 1 is 1.42 bits per heavy atom. The summed E-state index contributed by atoms with van der Waals surface area (Å²) in [5.41, 5.74) is 2.05. The Morgan fingerprint density at radius 2 is 2.21 bits per heavy atom. The average Bonchev–Trinajstić information content (AvgIpc) is 2.94.